The quantitative estimate of drug-likeness (QED) is 0.396. The van der Waals surface area contributed by atoms with Crippen molar-refractivity contribution in [2.24, 2.45) is 7.05 Å². The Hall–Kier alpha value is -4.39. The number of nitrogens with zero attached hydrogens (tertiary/aromatic N) is 4. The van der Waals surface area contributed by atoms with Crippen LogP contribution in [0.15, 0.2) is 91.5 Å². The first-order valence-corrected chi connectivity index (χ1v) is 11.1. The van der Waals surface area contributed by atoms with Gasteiger partial charge in [-0.1, -0.05) is 36.4 Å². The molecule has 1 N–H and O–H groups in total. The number of aromatic nitrogens is 4. The summed E-state index contributed by atoms with van der Waals surface area (Å²) >= 11 is 0. The van der Waals surface area contributed by atoms with Gasteiger partial charge in [0.2, 0.25) is 0 Å². The molecule has 2 aromatic carbocycles. The van der Waals surface area contributed by atoms with Gasteiger partial charge in [-0.15, -0.1) is 0 Å². The minimum atomic E-state index is -0.358. The van der Waals surface area contributed by atoms with E-state index in [9.17, 15) is 4.79 Å². The molecule has 0 unspecified atom stereocenters. The Kier molecular flexibility index (Phi) is 5.82. The number of ether oxygens (including phenoxy) is 1. The van der Waals surface area contributed by atoms with Gasteiger partial charge in [-0.2, -0.15) is 0 Å². The molecule has 0 aliphatic heterocycles. The highest BCUT2D eigenvalue weighted by molar-refractivity contribution is 5.94. The first-order chi connectivity index (χ1) is 16.6. The van der Waals surface area contributed by atoms with Gasteiger partial charge in [-0.3, -0.25) is 4.79 Å². The molecule has 3 aromatic heterocycles. The average molecular weight is 452 g/mol. The van der Waals surface area contributed by atoms with Crippen LogP contribution in [0.4, 0.5) is 0 Å². The largest absolute Gasteiger partial charge is 0.487 e. The average Bonchev–Trinajstić information content (AvgIpc) is 3.47. The number of aryl methyl sites for hydroxylation is 2. The van der Waals surface area contributed by atoms with Crippen molar-refractivity contribution in [2.75, 3.05) is 0 Å². The Balaban J connectivity index is 1.27. The summed E-state index contributed by atoms with van der Waals surface area (Å²) in [5, 5.41) is 3.11. The van der Waals surface area contributed by atoms with E-state index in [1.165, 1.54) is 5.56 Å². The first kappa shape index (κ1) is 21.5. The Morgan fingerprint density at radius 2 is 1.82 bits per heavy atom. The molecule has 170 valence electrons. The predicted molar refractivity (Wildman–Crippen MR) is 130 cm³/mol. The number of benzene rings is 2. The van der Waals surface area contributed by atoms with Crippen LogP contribution in [-0.4, -0.2) is 24.8 Å². The van der Waals surface area contributed by atoms with E-state index in [1.54, 1.807) is 30.5 Å². The highest BCUT2D eigenvalue weighted by Gasteiger charge is 2.21. The van der Waals surface area contributed by atoms with Crippen molar-refractivity contribution < 1.29 is 9.53 Å². The lowest BCUT2D eigenvalue weighted by Crippen LogP contribution is -2.31. The van der Waals surface area contributed by atoms with E-state index in [-0.39, 0.29) is 11.9 Å². The summed E-state index contributed by atoms with van der Waals surface area (Å²) in [4.78, 5) is 22.1. The molecule has 5 aromatic rings. The summed E-state index contributed by atoms with van der Waals surface area (Å²) in [6.07, 6.45) is 7.60. The summed E-state index contributed by atoms with van der Waals surface area (Å²) in [5.74, 6) is 1.26. The molecule has 0 aliphatic carbocycles. The third-order valence-electron chi connectivity index (χ3n) is 5.68. The first-order valence-electron chi connectivity index (χ1n) is 11.1. The minimum absolute atomic E-state index is 0.181. The van der Waals surface area contributed by atoms with Gasteiger partial charge >= 0.3 is 0 Å². The summed E-state index contributed by atoms with van der Waals surface area (Å²) in [6.45, 7) is 2.40. The molecule has 0 saturated heterocycles. The van der Waals surface area contributed by atoms with Gasteiger partial charge in [0.1, 0.15) is 29.9 Å². The third kappa shape index (κ3) is 4.54. The number of carbonyl (C=O) groups is 1. The fourth-order valence-electron chi connectivity index (χ4n) is 3.90. The normalized spacial score (nSPS) is 11.9. The number of hydrogen-bond donors (Lipinski definition) is 1. The topological polar surface area (TPSA) is 73.4 Å². The number of pyridine rings is 1. The van der Waals surface area contributed by atoms with E-state index in [1.807, 2.05) is 84.0 Å². The van der Waals surface area contributed by atoms with Crippen LogP contribution in [0.2, 0.25) is 0 Å². The lowest BCUT2D eigenvalue weighted by molar-refractivity contribution is 0.0941. The standard InChI is InChI=1S/C27H25N5O2/c1-19-8-13-24-29-22(17-32(24)16-19)18-34-23-11-9-21(10-12-23)27(33)30-25(20-6-4-3-5-7-20)26-28-14-15-31(26)2/h3-17,25H,18H2,1-2H3,(H,30,33)/t25-/m0/s1. The van der Waals surface area contributed by atoms with Gasteiger partial charge in [-0.05, 0) is 48.4 Å². The molecule has 34 heavy (non-hydrogen) atoms. The minimum Gasteiger partial charge on any atom is -0.487 e. The summed E-state index contributed by atoms with van der Waals surface area (Å²) in [7, 11) is 1.92. The highest BCUT2D eigenvalue weighted by Crippen LogP contribution is 2.22. The number of hydrogen-bond acceptors (Lipinski definition) is 4. The van der Waals surface area contributed by atoms with Crippen LogP contribution in [0.25, 0.3) is 5.65 Å². The maximum atomic E-state index is 13.1. The molecule has 1 atom stereocenters. The second-order valence-corrected chi connectivity index (χ2v) is 8.23. The molecule has 0 spiro atoms. The van der Waals surface area contributed by atoms with Crippen molar-refractivity contribution in [3.8, 4) is 5.75 Å². The van der Waals surface area contributed by atoms with Crippen LogP contribution < -0.4 is 10.1 Å². The molecule has 5 rings (SSSR count). The van der Waals surface area contributed by atoms with Crippen molar-refractivity contribution in [2.45, 2.75) is 19.6 Å². The molecule has 3 heterocycles. The second kappa shape index (κ2) is 9.23. The van der Waals surface area contributed by atoms with E-state index in [0.717, 1.165) is 22.7 Å². The SMILES string of the molecule is Cc1ccc2nc(COc3ccc(C(=O)N[C@@H](c4ccccc4)c4nccn4C)cc3)cn2c1. The monoisotopic (exact) mass is 451 g/mol. The van der Waals surface area contributed by atoms with Gasteiger partial charge in [-0.25, -0.2) is 9.97 Å². The van der Waals surface area contributed by atoms with E-state index < -0.39 is 0 Å². The van der Waals surface area contributed by atoms with Crippen LogP contribution in [0.3, 0.4) is 0 Å². The maximum absolute atomic E-state index is 13.1. The summed E-state index contributed by atoms with van der Waals surface area (Å²) < 4.78 is 9.80. The van der Waals surface area contributed by atoms with Crippen LogP contribution >= 0.6 is 0 Å². The lowest BCUT2D eigenvalue weighted by Gasteiger charge is -2.19. The van der Waals surface area contributed by atoms with Crippen LogP contribution in [0.5, 0.6) is 5.75 Å². The Bertz CT molecular complexity index is 1420. The van der Waals surface area contributed by atoms with Crippen molar-refractivity contribution in [3.05, 3.63) is 120 Å². The number of rotatable bonds is 7. The van der Waals surface area contributed by atoms with Gasteiger partial charge < -0.3 is 19.0 Å². The summed E-state index contributed by atoms with van der Waals surface area (Å²) in [5.41, 5.74) is 4.41. The van der Waals surface area contributed by atoms with Crippen molar-refractivity contribution in [1.82, 2.24) is 24.3 Å². The van der Waals surface area contributed by atoms with Crippen molar-refractivity contribution in [3.63, 3.8) is 0 Å². The lowest BCUT2D eigenvalue weighted by atomic mass is 10.1. The molecule has 0 fully saturated rings. The Morgan fingerprint density at radius 3 is 2.56 bits per heavy atom. The summed E-state index contributed by atoms with van der Waals surface area (Å²) in [6, 6.07) is 20.6. The number of fused-ring (bicyclic) bond motifs is 1. The van der Waals surface area contributed by atoms with Crippen LogP contribution in [0, 0.1) is 6.92 Å². The number of nitrogens with one attached hydrogen (secondary N) is 1. The van der Waals surface area contributed by atoms with Gasteiger partial charge in [0.15, 0.2) is 0 Å². The van der Waals surface area contributed by atoms with E-state index in [4.69, 9.17) is 4.74 Å². The molecule has 0 radical (unpaired) electrons. The van der Waals surface area contributed by atoms with E-state index in [2.05, 4.69) is 15.3 Å². The zero-order valence-corrected chi connectivity index (χ0v) is 19.1. The zero-order valence-electron chi connectivity index (χ0n) is 19.1. The molecular weight excluding hydrogens is 426 g/mol. The number of amides is 1. The maximum Gasteiger partial charge on any atom is 0.252 e. The molecule has 0 aliphatic rings. The smallest absolute Gasteiger partial charge is 0.252 e. The molecular formula is C27H25N5O2. The van der Waals surface area contributed by atoms with Gasteiger partial charge in [0.05, 0.1) is 5.69 Å². The van der Waals surface area contributed by atoms with Gasteiger partial charge in [0.25, 0.3) is 5.91 Å². The van der Waals surface area contributed by atoms with Gasteiger partial charge in [0, 0.05) is 37.4 Å². The molecule has 1 amide bonds. The predicted octanol–water partition coefficient (Wildman–Crippen LogP) is 4.47. The Labute approximate surface area is 197 Å². The number of imidazole rings is 2. The number of carbonyl (C=O) groups excluding carboxylic acids is 1. The van der Waals surface area contributed by atoms with Crippen LogP contribution in [-0.2, 0) is 13.7 Å². The van der Waals surface area contributed by atoms with E-state index in [0.29, 0.717) is 17.9 Å². The fraction of sp³-hybridized carbons (Fsp3) is 0.148. The van der Waals surface area contributed by atoms with Crippen molar-refractivity contribution >= 4 is 11.6 Å². The molecule has 0 bridgehead atoms. The van der Waals surface area contributed by atoms with Crippen LogP contribution in [0.1, 0.15) is 39.0 Å². The second-order valence-electron chi connectivity index (χ2n) is 8.23. The molecule has 7 nitrogen and oxygen atoms in total. The highest BCUT2D eigenvalue weighted by atomic mass is 16.5. The van der Waals surface area contributed by atoms with Crippen molar-refractivity contribution in [1.29, 1.82) is 0 Å². The fourth-order valence-corrected chi connectivity index (χ4v) is 3.90. The molecule has 0 saturated carbocycles. The third-order valence-corrected chi connectivity index (χ3v) is 5.68. The zero-order chi connectivity index (χ0) is 23.5. The Morgan fingerprint density at radius 1 is 1.03 bits per heavy atom. The van der Waals surface area contributed by atoms with E-state index >= 15 is 0 Å². The molecule has 7 heteroatoms.